The first kappa shape index (κ1) is 14.7. The fourth-order valence-corrected chi connectivity index (χ4v) is 3.65. The SMILES string of the molecule is CNCC1CCN(C(C)C)C1c1ccc2c(c1)OCCO2. The number of hydrogen-bond donors (Lipinski definition) is 1. The van der Waals surface area contributed by atoms with Crippen LogP contribution in [0, 0.1) is 5.92 Å². The molecule has 4 nitrogen and oxygen atoms in total. The van der Waals surface area contributed by atoms with Crippen molar-refractivity contribution in [2.24, 2.45) is 5.92 Å². The molecule has 0 aliphatic carbocycles. The zero-order valence-electron chi connectivity index (χ0n) is 13.3. The van der Waals surface area contributed by atoms with Crippen LogP contribution in [0.2, 0.25) is 0 Å². The highest BCUT2D eigenvalue weighted by molar-refractivity contribution is 5.45. The Balaban J connectivity index is 1.90. The number of ether oxygens (including phenoxy) is 2. The number of likely N-dealkylation sites (tertiary alicyclic amines) is 1. The van der Waals surface area contributed by atoms with Gasteiger partial charge in [-0.3, -0.25) is 4.90 Å². The summed E-state index contributed by atoms with van der Waals surface area (Å²) in [5, 5.41) is 3.35. The molecule has 0 saturated carbocycles. The monoisotopic (exact) mass is 290 g/mol. The lowest BCUT2D eigenvalue weighted by Crippen LogP contribution is -2.34. The van der Waals surface area contributed by atoms with Gasteiger partial charge in [-0.1, -0.05) is 6.07 Å². The van der Waals surface area contributed by atoms with Gasteiger partial charge in [-0.2, -0.15) is 0 Å². The molecule has 2 aliphatic heterocycles. The van der Waals surface area contributed by atoms with Crippen molar-refractivity contribution < 1.29 is 9.47 Å². The quantitative estimate of drug-likeness (QED) is 0.923. The van der Waals surface area contributed by atoms with Gasteiger partial charge in [0.05, 0.1) is 0 Å². The summed E-state index contributed by atoms with van der Waals surface area (Å²) in [6.45, 7) is 8.09. The second-order valence-corrected chi connectivity index (χ2v) is 6.29. The van der Waals surface area contributed by atoms with Crippen molar-refractivity contribution >= 4 is 0 Å². The molecule has 1 aromatic carbocycles. The fraction of sp³-hybridized carbons (Fsp3) is 0.647. The van der Waals surface area contributed by atoms with Crippen molar-refractivity contribution in [1.29, 1.82) is 0 Å². The Bertz CT molecular complexity index is 490. The molecule has 21 heavy (non-hydrogen) atoms. The van der Waals surface area contributed by atoms with Crippen LogP contribution in [0.4, 0.5) is 0 Å². The summed E-state index contributed by atoms with van der Waals surface area (Å²) in [7, 11) is 2.04. The Morgan fingerprint density at radius 2 is 2.00 bits per heavy atom. The molecule has 0 aromatic heterocycles. The molecule has 1 N–H and O–H groups in total. The average molecular weight is 290 g/mol. The largest absolute Gasteiger partial charge is 0.486 e. The molecule has 1 aromatic rings. The Hall–Kier alpha value is -1.26. The number of benzene rings is 1. The van der Waals surface area contributed by atoms with Gasteiger partial charge in [-0.25, -0.2) is 0 Å². The maximum atomic E-state index is 5.76. The number of hydrogen-bond acceptors (Lipinski definition) is 4. The van der Waals surface area contributed by atoms with Gasteiger partial charge in [-0.15, -0.1) is 0 Å². The first-order valence-electron chi connectivity index (χ1n) is 8.00. The minimum Gasteiger partial charge on any atom is -0.486 e. The van der Waals surface area contributed by atoms with Crippen LogP contribution in [0.3, 0.4) is 0 Å². The van der Waals surface area contributed by atoms with E-state index in [4.69, 9.17) is 9.47 Å². The predicted octanol–water partition coefficient (Wildman–Crippen LogP) is 2.45. The van der Waals surface area contributed by atoms with Gasteiger partial charge in [0.25, 0.3) is 0 Å². The maximum Gasteiger partial charge on any atom is 0.161 e. The number of nitrogens with one attached hydrogen (secondary N) is 1. The molecule has 0 spiro atoms. The molecular formula is C17H26N2O2. The highest BCUT2D eigenvalue weighted by Crippen LogP contribution is 2.41. The summed E-state index contributed by atoms with van der Waals surface area (Å²) >= 11 is 0. The van der Waals surface area contributed by atoms with Crippen LogP contribution in [0.1, 0.15) is 31.9 Å². The summed E-state index contributed by atoms with van der Waals surface area (Å²) in [5.74, 6) is 2.43. The average Bonchev–Trinajstić information content (AvgIpc) is 2.91. The zero-order chi connectivity index (χ0) is 14.8. The minimum absolute atomic E-state index is 0.466. The van der Waals surface area contributed by atoms with Crippen LogP contribution in [0.15, 0.2) is 18.2 Å². The molecule has 4 heteroatoms. The first-order valence-corrected chi connectivity index (χ1v) is 8.00. The Kier molecular flexibility index (Phi) is 4.36. The molecular weight excluding hydrogens is 264 g/mol. The molecule has 116 valence electrons. The van der Waals surface area contributed by atoms with Crippen molar-refractivity contribution in [2.75, 3.05) is 33.4 Å². The highest BCUT2D eigenvalue weighted by atomic mass is 16.6. The van der Waals surface area contributed by atoms with E-state index in [-0.39, 0.29) is 0 Å². The number of fused-ring (bicyclic) bond motifs is 1. The van der Waals surface area contributed by atoms with E-state index in [1.165, 1.54) is 18.5 Å². The van der Waals surface area contributed by atoms with Crippen molar-refractivity contribution in [3.63, 3.8) is 0 Å². The van der Waals surface area contributed by atoms with E-state index in [0.29, 0.717) is 31.2 Å². The molecule has 2 heterocycles. The van der Waals surface area contributed by atoms with Gasteiger partial charge in [-0.05, 0) is 64.0 Å². The molecule has 0 radical (unpaired) electrons. The smallest absolute Gasteiger partial charge is 0.161 e. The minimum atomic E-state index is 0.466. The summed E-state index contributed by atoms with van der Waals surface area (Å²) in [6, 6.07) is 7.49. The second-order valence-electron chi connectivity index (χ2n) is 6.29. The topological polar surface area (TPSA) is 33.7 Å². The first-order chi connectivity index (χ1) is 10.2. The Morgan fingerprint density at radius 3 is 2.71 bits per heavy atom. The van der Waals surface area contributed by atoms with Crippen LogP contribution < -0.4 is 14.8 Å². The maximum absolute atomic E-state index is 5.76. The molecule has 1 fully saturated rings. The summed E-state index contributed by atoms with van der Waals surface area (Å²) < 4.78 is 11.4. The fourth-order valence-electron chi connectivity index (χ4n) is 3.65. The van der Waals surface area contributed by atoms with E-state index in [1.54, 1.807) is 0 Å². The Morgan fingerprint density at radius 1 is 1.24 bits per heavy atom. The van der Waals surface area contributed by atoms with Gasteiger partial charge in [0, 0.05) is 12.1 Å². The van der Waals surface area contributed by atoms with Gasteiger partial charge < -0.3 is 14.8 Å². The molecule has 3 rings (SSSR count). The van der Waals surface area contributed by atoms with Gasteiger partial charge in [0.2, 0.25) is 0 Å². The van der Waals surface area contributed by atoms with Crippen LogP contribution in [0.25, 0.3) is 0 Å². The molecule has 1 saturated heterocycles. The van der Waals surface area contributed by atoms with Crippen molar-refractivity contribution in [3.05, 3.63) is 23.8 Å². The van der Waals surface area contributed by atoms with Crippen LogP contribution in [-0.2, 0) is 0 Å². The standard InChI is InChI=1S/C17H26N2O2/c1-12(2)19-7-6-14(11-18-3)17(19)13-4-5-15-16(10-13)21-9-8-20-15/h4-5,10,12,14,17-18H,6-9,11H2,1-3H3. The van der Waals surface area contributed by atoms with E-state index < -0.39 is 0 Å². The molecule has 0 bridgehead atoms. The normalized spacial score (nSPS) is 25.5. The van der Waals surface area contributed by atoms with E-state index in [1.807, 2.05) is 7.05 Å². The third kappa shape index (κ3) is 2.87. The molecule has 2 unspecified atom stereocenters. The van der Waals surface area contributed by atoms with Crippen LogP contribution >= 0.6 is 0 Å². The van der Waals surface area contributed by atoms with Gasteiger partial charge in [0.15, 0.2) is 11.5 Å². The predicted molar refractivity (Wildman–Crippen MR) is 84.0 cm³/mol. The van der Waals surface area contributed by atoms with Gasteiger partial charge >= 0.3 is 0 Å². The number of nitrogens with zero attached hydrogens (tertiary/aromatic N) is 1. The molecule has 2 aliphatic rings. The summed E-state index contributed by atoms with van der Waals surface area (Å²) in [4.78, 5) is 2.60. The zero-order valence-corrected chi connectivity index (χ0v) is 13.3. The molecule has 0 amide bonds. The van der Waals surface area contributed by atoms with E-state index in [2.05, 4.69) is 42.3 Å². The molecule has 2 atom stereocenters. The van der Waals surface area contributed by atoms with Crippen LogP contribution in [0.5, 0.6) is 11.5 Å². The van der Waals surface area contributed by atoms with E-state index in [0.717, 1.165) is 18.0 Å². The highest BCUT2D eigenvalue weighted by Gasteiger charge is 2.36. The lowest BCUT2D eigenvalue weighted by atomic mass is 9.92. The lowest BCUT2D eigenvalue weighted by Gasteiger charge is -2.32. The van der Waals surface area contributed by atoms with E-state index in [9.17, 15) is 0 Å². The summed E-state index contributed by atoms with van der Waals surface area (Å²) in [6.07, 6.45) is 1.25. The van der Waals surface area contributed by atoms with Crippen molar-refractivity contribution in [3.8, 4) is 11.5 Å². The van der Waals surface area contributed by atoms with Crippen molar-refractivity contribution in [2.45, 2.75) is 32.4 Å². The van der Waals surface area contributed by atoms with E-state index >= 15 is 0 Å². The second kappa shape index (κ2) is 6.24. The number of rotatable bonds is 4. The Labute approximate surface area is 127 Å². The summed E-state index contributed by atoms with van der Waals surface area (Å²) in [5.41, 5.74) is 1.35. The van der Waals surface area contributed by atoms with Gasteiger partial charge in [0.1, 0.15) is 13.2 Å². The third-order valence-corrected chi connectivity index (χ3v) is 4.60. The van der Waals surface area contributed by atoms with Crippen LogP contribution in [-0.4, -0.2) is 44.3 Å². The lowest BCUT2D eigenvalue weighted by molar-refractivity contribution is 0.167. The van der Waals surface area contributed by atoms with Crippen molar-refractivity contribution in [1.82, 2.24) is 10.2 Å². The third-order valence-electron chi connectivity index (χ3n) is 4.60.